The van der Waals surface area contributed by atoms with Gasteiger partial charge in [-0.15, -0.1) is 0 Å². The molecule has 7 nitrogen and oxygen atoms in total. The van der Waals surface area contributed by atoms with Crippen LogP contribution in [0.4, 0.5) is 29.7 Å². The van der Waals surface area contributed by atoms with Gasteiger partial charge in [0.25, 0.3) is 10.0 Å². The predicted octanol–water partition coefficient (Wildman–Crippen LogP) is 4.54. The van der Waals surface area contributed by atoms with E-state index in [1.165, 1.54) is 30.6 Å². The molecular weight excluding hydrogens is 465 g/mol. The van der Waals surface area contributed by atoms with Crippen LogP contribution in [0.15, 0.2) is 47.6 Å². The van der Waals surface area contributed by atoms with Crippen LogP contribution in [0.25, 0.3) is 0 Å². The third-order valence-corrected chi connectivity index (χ3v) is 6.60. The zero-order valence-electron chi connectivity index (χ0n) is 14.9. The number of anilines is 3. The Labute approximate surface area is 178 Å². The van der Waals surface area contributed by atoms with Crippen LogP contribution in [0.5, 0.6) is 5.75 Å². The van der Waals surface area contributed by atoms with Gasteiger partial charge in [-0.25, -0.2) is 13.4 Å². The Kier molecular flexibility index (Phi) is 5.24. The lowest BCUT2D eigenvalue weighted by Crippen LogP contribution is -2.29. The number of nitrogens with one attached hydrogen (secondary N) is 1. The Morgan fingerprint density at radius 1 is 1.17 bits per heavy atom. The fraction of sp³-hybridized carbons (Fsp3) is 0.176. The van der Waals surface area contributed by atoms with E-state index < -0.39 is 21.8 Å². The standard InChI is InChI=1S/C17H12ClF3N4O3S2/c18-12-7-10(17(19,20)21)1-3-13(12)25-5-6-28-15-8-11(2-4-14(15)25)30(26,27)24-16-22-9-23-29-16/h1-4,7-9H,5-6H2,(H,22,23,24). The van der Waals surface area contributed by atoms with Crippen molar-refractivity contribution in [3.8, 4) is 5.75 Å². The van der Waals surface area contributed by atoms with Gasteiger partial charge < -0.3 is 9.64 Å². The molecule has 158 valence electrons. The average molecular weight is 477 g/mol. The van der Waals surface area contributed by atoms with Crippen molar-refractivity contribution in [3.05, 3.63) is 53.3 Å². The molecule has 30 heavy (non-hydrogen) atoms. The number of aromatic nitrogens is 2. The summed E-state index contributed by atoms with van der Waals surface area (Å²) in [6, 6.07) is 7.29. The van der Waals surface area contributed by atoms with Crippen molar-refractivity contribution >= 4 is 49.7 Å². The van der Waals surface area contributed by atoms with E-state index in [-0.39, 0.29) is 27.4 Å². The topological polar surface area (TPSA) is 84.4 Å². The van der Waals surface area contributed by atoms with Gasteiger partial charge >= 0.3 is 6.18 Å². The molecule has 0 radical (unpaired) electrons. The molecule has 0 bridgehead atoms. The van der Waals surface area contributed by atoms with Crippen molar-refractivity contribution in [1.29, 1.82) is 0 Å². The Hall–Kier alpha value is -2.57. The maximum absolute atomic E-state index is 12.9. The molecule has 0 unspecified atom stereocenters. The van der Waals surface area contributed by atoms with Crippen LogP contribution in [-0.2, 0) is 16.2 Å². The van der Waals surface area contributed by atoms with E-state index in [4.69, 9.17) is 16.3 Å². The lowest BCUT2D eigenvalue weighted by atomic mass is 10.1. The third-order valence-electron chi connectivity index (χ3n) is 4.25. The first-order chi connectivity index (χ1) is 14.1. The molecule has 0 spiro atoms. The summed E-state index contributed by atoms with van der Waals surface area (Å²) in [7, 11) is -3.92. The molecule has 1 N–H and O–H groups in total. The SMILES string of the molecule is O=S(=O)(Nc1ncns1)c1ccc2c(c1)OCCN2c1ccc(C(F)(F)F)cc1Cl. The van der Waals surface area contributed by atoms with Gasteiger partial charge in [0, 0.05) is 17.6 Å². The van der Waals surface area contributed by atoms with Gasteiger partial charge in [-0.2, -0.15) is 17.5 Å². The van der Waals surface area contributed by atoms with E-state index in [2.05, 4.69) is 14.1 Å². The summed E-state index contributed by atoms with van der Waals surface area (Å²) in [4.78, 5) is 5.40. The molecule has 0 amide bonds. The number of nitrogens with zero attached hydrogens (tertiary/aromatic N) is 3. The van der Waals surface area contributed by atoms with Gasteiger partial charge in [-0.05, 0) is 30.3 Å². The number of alkyl halides is 3. The van der Waals surface area contributed by atoms with Crippen LogP contribution < -0.4 is 14.4 Å². The molecule has 2 aromatic carbocycles. The minimum absolute atomic E-state index is 0.0585. The fourth-order valence-electron chi connectivity index (χ4n) is 2.91. The van der Waals surface area contributed by atoms with Crippen LogP contribution in [0.3, 0.4) is 0 Å². The lowest BCUT2D eigenvalue weighted by molar-refractivity contribution is -0.137. The van der Waals surface area contributed by atoms with Crippen LogP contribution in [0, 0.1) is 0 Å². The quantitative estimate of drug-likeness (QED) is 0.595. The van der Waals surface area contributed by atoms with Crippen molar-refractivity contribution in [2.45, 2.75) is 11.1 Å². The van der Waals surface area contributed by atoms with E-state index in [9.17, 15) is 21.6 Å². The van der Waals surface area contributed by atoms with Crippen LogP contribution in [0.2, 0.25) is 5.02 Å². The molecule has 2 heterocycles. The molecule has 0 saturated heterocycles. The number of fused-ring (bicyclic) bond motifs is 1. The molecule has 1 aliphatic heterocycles. The maximum atomic E-state index is 12.9. The van der Waals surface area contributed by atoms with Crippen LogP contribution >= 0.6 is 23.1 Å². The van der Waals surface area contributed by atoms with Gasteiger partial charge in [0.1, 0.15) is 18.7 Å². The highest BCUT2D eigenvalue weighted by Crippen LogP contribution is 2.42. The van der Waals surface area contributed by atoms with E-state index in [1.807, 2.05) is 0 Å². The van der Waals surface area contributed by atoms with Crippen LogP contribution in [0.1, 0.15) is 5.56 Å². The summed E-state index contributed by atoms with van der Waals surface area (Å²) >= 11 is 7.01. The van der Waals surface area contributed by atoms with Gasteiger partial charge in [0.15, 0.2) is 0 Å². The highest BCUT2D eigenvalue weighted by atomic mass is 35.5. The Morgan fingerprint density at radius 2 is 1.93 bits per heavy atom. The summed E-state index contributed by atoms with van der Waals surface area (Å²) in [5.41, 5.74) is -0.0106. The first kappa shape index (κ1) is 20.7. The number of ether oxygens (including phenoxy) is 1. The minimum Gasteiger partial charge on any atom is -0.489 e. The summed E-state index contributed by atoms with van der Waals surface area (Å²) in [6.45, 7) is 0.519. The molecular formula is C17H12ClF3N4O3S2. The largest absolute Gasteiger partial charge is 0.489 e. The second-order valence-electron chi connectivity index (χ2n) is 6.15. The van der Waals surface area contributed by atoms with Gasteiger partial charge in [-0.3, -0.25) is 4.72 Å². The number of benzene rings is 2. The average Bonchev–Trinajstić information content (AvgIpc) is 3.18. The van der Waals surface area contributed by atoms with Crippen LogP contribution in [-0.4, -0.2) is 30.9 Å². The number of rotatable bonds is 4. The molecule has 0 saturated carbocycles. The monoisotopic (exact) mass is 476 g/mol. The Morgan fingerprint density at radius 3 is 2.60 bits per heavy atom. The molecule has 1 aliphatic rings. The van der Waals surface area contributed by atoms with Crippen molar-refractivity contribution in [1.82, 2.24) is 9.36 Å². The lowest BCUT2D eigenvalue weighted by Gasteiger charge is -2.32. The summed E-state index contributed by atoms with van der Waals surface area (Å²) < 4.78 is 75.5. The first-order valence-electron chi connectivity index (χ1n) is 8.36. The summed E-state index contributed by atoms with van der Waals surface area (Å²) in [5.74, 6) is 0.261. The molecule has 0 aliphatic carbocycles. The van der Waals surface area contributed by atoms with Gasteiger partial charge in [-0.1, -0.05) is 11.6 Å². The number of halogens is 4. The number of hydrogen-bond acceptors (Lipinski definition) is 7. The molecule has 0 fully saturated rings. The van der Waals surface area contributed by atoms with E-state index in [1.54, 1.807) is 4.90 Å². The number of hydrogen-bond donors (Lipinski definition) is 1. The summed E-state index contributed by atoms with van der Waals surface area (Å²) in [5, 5.41) is 0.0408. The number of sulfonamides is 1. The van der Waals surface area contributed by atoms with Crippen molar-refractivity contribution in [2.75, 3.05) is 22.8 Å². The minimum atomic E-state index is -4.51. The molecule has 13 heteroatoms. The molecule has 3 aromatic rings. The second kappa shape index (κ2) is 7.60. The summed E-state index contributed by atoms with van der Waals surface area (Å²) in [6.07, 6.45) is -3.28. The van der Waals surface area contributed by atoms with Crippen molar-refractivity contribution in [3.63, 3.8) is 0 Å². The Bertz CT molecular complexity index is 1190. The van der Waals surface area contributed by atoms with E-state index in [0.717, 1.165) is 23.7 Å². The zero-order chi connectivity index (χ0) is 21.5. The fourth-order valence-corrected chi connectivity index (χ4v) is 4.87. The van der Waals surface area contributed by atoms with Gasteiger partial charge in [0.2, 0.25) is 5.13 Å². The molecule has 1 aromatic heterocycles. The molecule has 4 rings (SSSR count). The predicted molar refractivity (Wildman–Crippen MR) is 106 cm³/mol. The maximum Gasteiger partial charge on any atom is 0.416 e. The second-order valence-corrected chi connectivity index (χ2v) is 9.02. The normalized spacial score (nSPS) is 14.2. The highest BCUT2D eigenvalue weighted by molar-refractivity contribution is 7.93. The Balaban J connectivity index is 1.67. The van der Waals surface area contributed by atoms with E-state index >= 15 is 0 Å². The van der Waals surface area contributed by atoms with Gasteiger partial charge in [0.05, 0.1) is 33.4 Å². The smallest absolute Gasteiger partial charge is 0.416 e. The zero-order valence-corrected chi connectivity index (χ0v) is 17.2. The third kappa shape index (κ3) is 4.02. The van der Waals surface area contributed by atoms with E-state index in [0.29, 0.717) is 17.9 Å². The first-order valence-corrected chi connectivity index (χ1v) is 11.0. The van der Waals surface area contributed by atoms with Crippen molar-refractivity contribution < 1.29 is 26.3 Å². The molecule has 0 atom stereocenters. The van der Waals surface area contributed by atoms with Crippen molar-refractivity contribution in [2.24, 2.45) is 0 Å². The highest BCUT2D eigenvalue weighted by Gasteiger charge is 2.32.